The van der Waals surface area contributed by atoms with E-state index in [0.29, 0.717) is 27.7 Å². The third kappa shape index (κ3) is 5.21. The Morgan fingerprint density at radius 2 is 1.37 bits per heavy atom. The summed E-state index contributed by atoms with van der Waals surface area (Å²) in [5, 5.41) is 37.3. The lowest BCUT2D eigenvalue weighted by Gasteiger charge is -2.06. The first-order chi connectivity index (χ1) is 16.6. The highest BCUT2D eigenvalue weighted by Gasteiger charge is 2.14. The minimum atomic E-state index is -4.36. The van der Waals surface area contributed by atoms with Crippen LogP contribution in [0.5, 0.6) is 5.75 Å². The molecule has 35 heavy (non-hydrogen) atoms. The number of hydrogen-bond acceptors (Lipinski definition) is 8. The van der Waals surface area contributed by atoms with Crippen LogP contribution in [-0.2, 0) is 10.1 Å². The predicted octanol–water partition coefficient (Wildman–Crippen LogP) is 6.63. The Morgan fingerprint density at radius 1 is 0.771 bits per heavy atom. The fourth-order valence-electron chi connectivity index (χ4n) is 3.35. The van der Waals surface area contributed by atoms with E-state index in [0.717, 1.165) is 0 Å². The Labute approximate surface area is 199 Å². The third-order valence-corrected chi connectivity index (χ3v) is 5.91. The smallest absolute Gasteiger partial charge is 0.339 e. The molecule has 0 aliphatic heterocycles. The summed E-state index contributed by atoms with van der Waals surface area (Å²) >= 11 is 0. The molecule has 0 fully saturated rings. The quantitative estimate of drug-likeness (QED) is 0.203. The second kappa shape index (κ2) is 9.41. The maximum absolute atomic E-state index is 11.4. The van der Waals surface area contributed by atoms with Gasteiger partial charge in [-0.15, -0.1) is 10.2 Å². The molecule has 0 atom stereocenters. The summed E-state index contributed by atoms with van der Waals surface area (Å²) in [6, 6.07) is 18.8. The Bertz CT molecular complexity index is 1630. The molecular formula is C24H18N4O6S. The summed E-state index contributed by atoms with van der Waals surface area (Å²) in [6.07, 6.45) is 0. The van der Waals surface area contributed by atoms with Gasteiger partial charge in [-0.1, -0.05) is 30.3 Å². The molecule has 0 unspecified atom stereocenters. The molecule has 4 aromatic rings. The molecular weight excluding hydrogens is 472 g/mol. The van der Waals surface area contributed by atoms with E-state index in [2.05, 4.69) is 20.5 Å². The second-order valence-electron chi connectivity index (χ2n) is 7.49. The van der Waals surface area contributed by atoms with E-state index >= 15 is 0 Å². The molecule has 0 heterocycles. The average molecular weight is 490 g/mol. The van der Waals surface area contributed by atoms with Gasteiger partial charge in [0.1, 0.15) is 11.3 Å². The molecule has 176 valence electrons. The number of aryl methyl sites for hydroxylation is 1. The number of carbonyl (C=O) groups is 1. The first-order valence-electron chi connectivity index (χ1n) is 10.1. The topological polar surface area (TPSA) is 161 Å². The summed E-state index contributed by atoms with van der Waals surface area (Å²) in [5.74, 6) is -1.59. The van der Waals surface area contributed by atoms with Crippen LogP contribution in [0.3, 0.4) is 0 Å². The standard InChI is InChI=1S/C24H18N4O6S/c1-14-11-16(13-20(23(14)29)24(30)31)26-28-22-10-9-21(18-7-2-3-8-19(18)22)27-25-15-5-4-6-17(12-15)35(32,33)34/h2-13,29H,1H3,(H,30,31)(H,32,33,34). The summed E-state index contributed by atoms with van der Waals surface area (Å²) in [4.78, 5) is 11.1. The molecule has 0 aliphatic rings. The summed E-state index contributed by atoms with van der Waals surface area (Å²) < 4.78 is 31.9. The van der Waals surface area contributed by atoms with E-state index in [1.54, 1.807) is 25.1 Å². The maximum Gasteiger partial charge on any atom is 0.339 e. The van der Waals surface area contributed by atoms with Crippen molar-refractivity contribution in [3.8, 4) is 5.75 Å². The minimum Gasteiger partial charge on any atom is -0.507 e. The van der Waals surface area contributed by atoms with Gasteiger partial charge in [0.15, 0.2) is 0 Å². The van der Waals surface area contributed by atoms with Crippen LogP contribution in [-0.4, -0.2) is 29.2 Å². The zero-order chi connectivity index (χ0) is 25.2. The molecule has 11 heteroatoms. The number of carboxylic acid groups (broad SMARTS) is 1. The molecule has 0 spiro atoms. The van der Waals surface area contributed by atoms with Crippen LogP contribution < -0.4 is 0 Å². The number of aromatic hydroxyl groups is 1. The van der Waals surface area contributed by atoms with Gasteiger partial charge in [0.25, 0.3) is 10.1 Å². The Kier molecular flexibility index (Phi) is 6.36. The highest BCUT2D eigenvalue weighted by Crippen LogP contribution is 2.36. The van der Waals surface area contributed by atoms with E-state index in [1.807, 2.05) is 24.3 Å². The highest BCUT2D eigenvalue weighted by molar-refractivity contribution is 7.85. The van der Waals surface area contributed by atoms with E-state index < -0.39 is 16.1 Å². The number of phenols is 1. The zero-order valence-electron chi connectivity index (χ0n) is 18.2. The van der Waals surface area contributed by atoms with Gasteiger partial charge in [-0.3, -0.25) is 4.55 Å². The monoisotopic (exact) mass is 490 g/mol. The Balaban J connectivity index is 1.70. The number of nitrogens with zero attached hydrogens (tertiary/aromatic N) is 4. The van der Waals surface area contributed by atoms with Gasteiger partial charge in [0.2, 0.25) is 0 Å². The fraction of sp³-hybridized carbons (Fsp3) is 0.0417. The van der Waals surface area contributed by atoms with Gasteiger partial charge < -0.3 is 10.2 Å². The number of rotatable bonds is 6. The van der Waals surface area contributed by atoms with Crippen molar-refractivity contribution < 1.29 is 28.0 Å². The SMILES string of the molecule is Cc1cc(N=Nc2ccc(N=Nc3cccc(S(=O)(=O)O)c3)c3ccccc23)cc(C(=O)O)c1O. The number of carboxylic acids is 1. The number of fused-ring (bicyclic) bond motifs is 1. The van der Waals surface area contributed by atoms with Crippen LogP contribution in [0.15, 0.2) is 98.1 Å². The summed E-state index contributed by atoms with van der Waals surface area (Å²) in [5.41, 5.74) is 1.59. The van der Waals surface area contributed by atoms with Gasteiger partial charge in [0.05, 0.1) is 27.6 Å². The lowest BCUT2D eigenvalue weighted by atomic mass is 10.1. The van der Waals surface area contributed by atoms with Crippen molar-refractivity contribution in [3.05, 3.63) is 83.9 Å². The van der Waals surface area contributed by atoms with Crippen LogP contribution in [0.1, 0.15) is 15.9 Å². The fourth-order valence-corrected chi connectivity index (χ4v) is 3.87. The van der Waals surface area contributed by atoms with Crippen molar-refractivity contribution in [2.24, 2.45) is 20.5 Å². The molecule has 0 saturated heterocycles. The zero-order valence-corrected chi connectivity index (χ0v) is 19.0. The first-order valence-corrected chi connectivity index (χ1v) is 11.6. The normalized spacial score (nSPS) is 12.1. The molecule has 4 rings (SSSR count). The summed E-state index contributed by atoms with van der Waals surface area (Å²) in [7, 11) is -4.36. The molecule has 0 saturated carbocycles. The van der Waals surface area contributed by atoms with Crippen LogP contribution in [0.25, 0.3) is 10.8 Å². The van der Waals surface area contributed by atoms with E-state index in [9.17, 15) is 28.0 Å². The van der Waals surface area contributed by atoms with Crippen molar-refractivity contribution >= 4 is 49.6 Å². The van der Waals surface area contributed by atoms with Gasteiger partial charge >= 0.3 is 5.97 Å². The first kappa shape index (κ1) is 23.7. The van der Waals surface area contributed by atoms with Crippen LogP contribution in [0.4, 0.5) is 22.7 Å². The third-order valence-electron chi connectivity index (χ3n) is 5.06. The summed E-state index contributed by atoms with van der Waals surface area (Å²) in [6.45, 7) is 1.57. The van der Waals surface area contributed by atoms with Crippen molar-refractivity contribution in [3.63, 3.8) is 0 Å². The number of benzene rings is 4. The van der Waals surface area contributed by atoms with E-state index in [4.69, 9.17) is 0 Å². The van der Waals surface area contributed by atoms with E-state index in [-0.39, 0.29) is 27.6 Å². The molecule has 0 amide bonds. The van der Waals surface area contributed by atoms with Crippen LogP contribution in [0.2, 0.25) is 0 Å². The lowest BCUT2D eigenvalue weighted by Crippen LogP contribution is -1.97. The van der Waals surface area contributed by atoms with Crippen molar-refractivity contribution in [2.75, 3.05) is 0 Å². The molecule has 0 aliphatic carbocycles. The van der Waals surface area contributed by atoms with E-state index in [1.165, 1.54) is 30.3 Å². The van der Waals surface area contributed by atoms with Crippen molar-refractivity contribution in [2.45, 2.75) is 11.8 Å². The highest BCUT2D eigenvalue weighted by atomic mass is 32.2. The van der Waals surface area contributed by atoms with Crippen molar-refractivity contribution in [1.82, 2.24) is 0 Å². The Hall–Kier alpha value is -4.48. The largest absolute Gasteiger partial charge is 0.507 e. The van der Waals surface area contributed by atoms with Gasteiger partial charge in [-0.05, 0) is 55.0 Å². The lowest BCUT2D eigenvalue weighted by molar-refractivity contribution is 0.0693. The van der Waals surface area contributed by atoms with Gasteiger partial charge in [-0.2, -0.15) is 18.6 Å². The van der Waals surface area contributed by atoms with Crippen molar-refractivity contribution in [1.29, 1.82) is 0 Å². The van der Waals surface area contributed by atoms with Crippen LogP contribution in [0, 0.1) is 6.92 Å². The molecule has 0 radical (unpaired) electrons. The molecule has 0 bridgehead atoms. The van der Waals surface area contributed by atoms with Gasteiger partial charge in [0, 0.05) is 10.8 Å². The average Bonchev–Trinajstić information content (AvgIpc) is 2.83. The molecule has 3 N–H and O–H groups in total. The van der Waals surface area contributed by atoms with Gasteiger partial charge in [-0.25, -0.2) is 4.79 Å². The second-order valence-corrected chi connectivity index (χ2v) is 8.91. The molecule has 0 aromatic heterocycles. The molecule has 10 nitrogen and oxygen atoms in total. The number of azo groups is 2. The number of aromatic carboxylic acids is 1. The number of hydrogen-bond donors (Lipinski definition) is 3. The Morgan fingerprint density at radius 3 is 1.94 bits per heavy atom. The van der Waals surface area contributed by atoms with Crippen LogP contribution >= 0.6 is 0 Å². The predicted molar refractivity (Wildman–Crippen MR) is 128 cm³/mol. The maximum atomic E-state index is 11.4. The minimum absolute atomic E-state index is 0.241. The molecule has 4 aromatic carbocycles.